The number of amides is 1. The van der Waals surface area contributed by atoms with E-state index in [-0.39, 0.29) is 12.3 Å². The highest BCUT2D eigenvalue weighted by molar-refractivity contribution is 6.37. The van der Waals surface area contributed by atoms with Gasteiger partial charge >= 0.3 is 5.97 Å². The number of anilines is 2. The maximum Gasteiger partial charge on any atom is 0.303 e. The van der Waals surface area contributed by atoms with E-state index in [9.17, 15) is 14.0 Å². The molecule has 38 heavy (non-hydrogen) atoms. The van der Waals surface area contributed by atoms with Crippen LogP contribution < -0.4 is 10.6 Å². The van der Waals surface area contributed by atoms with Crippen molar-refractivity contribution in [3.8, 4) is 0 Å². The Hall–Kier alpha value is -4.01. The van der Waals surface area contributed by atoms with Gasteiger partial charge in [-0.3, -0.25) is 9.59 Å². The molecule has 1 aliphatic heterocycles. The van der Waals surface area contributed by atoms with Gasteiger partial charge < -0.3 is 25.5 Å². The normalized spacial score (nSPS) is 14.0. The summed E-state index contributed by atoms with van der Waals surface area (Å²) >= 11 is 0. The number of nitrogens with zero attached hydrogens (tertiary/aromatic N) is 2. The lowest BCUT2D eigenvalue weighted by Crippen LogP contribution is -2.28. The van der Waals surface area contributed by atoms with E-state index in [2.05, 4.69) is 53.7 Å². The summed E-state index contributed by atoms with van der Waals surface area (Å²) in [6.45, 7) is 2.75. The van der Waals surface area contributed by atoms with Crippen LogP contribution >= 0.6 is 0 Å². The van der Waals surface area contributed by atoms with Crippen LogP contribution in [-0.2, 0) is 22.6 Å². The molecule has 0 radical (unpaired) electrons. The van der Waals surface area contributed by atoms with E-state index in [0.29, 0.717) is 28.9 Å². The number of nitrogens with one attached hydrogen (secondary N) is 2. The summed E-state index contributed by atoms with van der Waals surface area (Å²) in [5, 5.41) is 15.3. The molecule has 0 atom stereocenters. The fourth-order valence-electron chi connectivity index (χ4n) is 4.41. The number of carbonyl (C=O) groups is 2. The van der Waals surface area contributed by atoms with Gasteiger partial charge in [-0.1, -0.05) is 30.3 Å². The first kappa shape index (κ1) is 27.0. The maximum absolute atomic E-state index is 13.9. The van der Waals surface area contributed by atoms with Crippen molar-refractivity contribution in [3.63, 3.8) is 0 Å². The number of hydrogen-bond donors (Lipinski definition) is 3. The standard InChI is InChI=1S/C30H33FN4O3/c1-34(2)15-16-35(3)19-21-7-11-24(12-8-21)32-29(22-6-4-5-20(17-22)9-14-27(36)37)28-25-13-10-23(31)18-26(25)33-30(28)38/h4-8,10-13,17-18,32H,9,14-16,19H2,1-3H3,(H,33,38)(H,36,37)/b29-28-. The van der Waals surface area contributed by atoms with E-state index < -0.39 is 11.8 Å². The van der Waals surface area contributed by atoms with Gasteiger partial charge in [0, 0.05) is 37.3 Å². The van der Waals surface area contributed by atoms with Crippen molar-refractivity contribution in [2.45, 2.75) is 19.4 Å². The summed E-state index contributed by atoms with van der Waals surface area (Å²) in [4.78, 5) is 28.6. The van der Waals surface area contributed by atoms with Crippen LogP contribution in [0, 0.1) is 5.82 Å². The van der Waals surface area contributed by atoms with Crippen LogP contribution in [0.5, 0.6) is 0 Å². The SMILES string of the molecule is CN(C)CCN(C)Cc1ccc(N/C(=C2\C(=O)Nc3cc(F)ccc32)c2cccc(CCC(=O)O)c2)cc1. The van der Waals surface area contributed by atoms with Gasteiger partial charge in [0.15, 0.2) is 0 Å². The molecule has 0 aliphatic carbocycles. The van der Waals surface area contributed by atoms with Gasteiger partial charge in [0.05, 0.1) is 17.0 Å². The quantitative estimate of drug-likeness (QED) is 0.319. The molecule has 0 unspecified atom stereocenters. The van der Waals surface area contributed by atoms with Crippen molar-refractivity contribution in [3.05, 3.63) is 94.8 Å². The lowest BCUT2D eigenvalue weighted by Gasteiger charge is -2.20. The minimum Gasteiger partial charge on any atom is -0.481 e. The smallest absolute Gasteiger partial charge is 0.303 e. The van der Waals surface area contributed by atoms with Gasteiger partial charge in [0.2, 0.25) is 0 Å². The average molecular weight is 517 g/mol. The van der Waals surface area contributed by atoms with Crippen molar-refractivity contribution in [1.82, 2.24) is 9.80 Å². The Balaban J connectivity index is 1.67. The van der Waals surface area contributed by atoms with Crippen LogP contribution in [0.4, 0.5) is 15.8 Å². The third-order valence-corrected chi connectivity index (χ3v) is 6.42. The predicted octanol–water partition coefficient (Wildman–Crippen LogP) is 4.77. The number of hydrogen-bond acceptors (Lipinski definition) is 5. The Morgan fingerprint density at radius 2 is 1.74 bits per heavy atom. The summed E-state index contributed by atoms with van der Waals surface area (Å²) in [6, 6.07) is 19.8. The van der Waals surface area contributed by atoms with Gasteiger partial charge in [-0.05, 0) is 80.7 Å². The largest absolute Gasteiger partial charge is 0.481 e. The lowest BCUT2D eigenvalue weighted by atomic mass is 9.97. The number of halogens is 1. The number of aryl methyl sites for hydroxylation is 1. The Bertz CT molecular complexity index is 1350. The molecule has 0 bridgehead atoms. The van der Waals surface area contributed by atoms with Crippen molar-refractivity contribution in [2.75, 3.05) is 44.9 Å². The van der Waals surface area contributed by atoms with Crippen LogP contribution in [0.2, 0.25) is 0 Å². The fraction of sp³-hybridized carbons (Fsp3) is 0.267. The number of aliphatic carboxylic acids is 1. The lowest BCUT2D eigenvalue weighted by molar-refractivity contribution is -0.137. The third kappa shape index (κ3) is 6.85. The first-order valence-corrected chi connectivity index (χ1v) is 12.6. The van der Waals surface area contributed by atoms with Gasteiger partial charge in [0.1, 0.15) is 5.82 Å². The van der Waals surface area contributed by atoms with Crippen LogP contribution in [0.3, 0.4) is 0 Å². The summed E-state index contributed by atoms with van der Waals surface area (Å²) in [7, 11) is 6.21. The molecule has 0 saturated carbocycles. The topological polar surface area (TPSA) is 84.9 Å². The van der Waals surface area contributed by atoms with E-state index >= 15 is 0 Å². The summed E-state index contributed by atoms with van der Waals surface area (Å²) < 4.78 is 13.9. The Morgan fingerprint density at radius 1 is 0.974 bits per heavy atom. The molecule has 1 aliphatic rings. The van der Waals surface area contributed by atoms with E-state index in [4.69, 9.17) is 5.11 Å². The zero-order valence-corrected chi connectivity index (χ0v) is 21.9. The van der Waals surface area contributed by atoms with Crippen LogP contribution in [0.1, 0.15) is 28.7 Å². The molecule has 4 rings (SSSR count). The molecule has 198 valence electrons. The van der Waals surface area contributed by atoms with Gasteiger partial charge in [-0.2, -0.15) is 0 Å². The molecule has 3 N–H and O–H groups in total. The number of carboxylic acids is 1. The average Bonchev–Trinajstić information content (AvgIpc) is 3.20. The number of carboxylic acid groups (broad SMARTS) is 1. The molecule has 1 amide bonds. The molecule has 0 aromatic heterocycles. The highest BCUT2D eigenvalue weighted by atomic mass is 19.1. The molecule has 0 spiro atoms. The molecule has 0 fully saturated rings. The minimum absolute atomic E-state index is 0.00976. The summed E-state index contributed by atoms with van der Waals surface area (Å²) in [5.41, 5.74) is 5.55. The van der Waals surface area contributed by atoms with Crippen molar-refractivity contribution < 1.29 is 19.1 Å². The summed E-state index contributed by atoms with van der Waals surface area (Å²) in [5.74, 6) is -1.63. The monoisotopic (exact) mass is 516 g/mol. The second-order valence-electron chi connectivity index (χ2n) is 9.85. The Labute approximate surface area is 222 Å². The number of benzene rings is 3. The summed E-state index contributed by atoms with van der Waals surface area (Å²) in [6.07, 6.45) is 0.381. The van der Waals surface area contributed by atoms with Crippen molar-refractivity contribution in [1.29, 1.82) is 0 Å². The number of likely N-dealkylation sites (N-methyl/N-ethyl adjacent to an activating group) is 2. The molecule has 1 heterocycles. The van der Waals surface area contributed by atoms with E-state index in [0.717, 1.165) is 36.4 Å². The predicted molar refractivity (Wildman–Crippen MR) is 149 cm³/mol. The zero-order chi connectivity index (χ0) is 27.2. The van der Waals surface area contributed by atoms with Crippen molar-refractivity contribution in [2.24, 2.45) is 0 Å². The number of rotatable bonds is 11. The second kappa shape index (κ2) is 12.0. The molecule has 8 heteroatoms. The molecular formula is C30H33FN4O3. The fourth-order valence-corrected chi connectivity index (χ4v) is 4.41. The number of carbonyl (C=O) groups excluding carboxylic acids is 1. The highest BCUT2D eigenvalue weighted by Crippen LogP contribution is 2.38. The minimum atomic E-state index is -0.870. The van der Waals surface area contributed by atoms with Crippen LogP contribution in [-0.4, -0.2) is 61.0 Å². The van der Waals surface area contributed by atoms with Crippen molar-refractivity contribution >= 4 is 34.5 Å². The van der Waals surface area contributed by atoms with E-state index in [1.54, 1.807) is 6.07 Å². The molecule has 3 aromatic rings. The third-order valence-electron chi connectivity index (χ3n) is 6.42. The first-order valence-electron chi connectivity index (χ1n) is 12.6. The van der Waals surface area contributed by atoms with Gasteiger partial charge in [0.25, 0.3) is 5.91 Å². The first-order chi connectivity index (χ1) is 18.2. The number of fused-ring (bicyclic) bond motifs is 1. The Kier molecular flexibility index (Phi) is 8.55. The van der Waals surface area contributed by atoms with Crippen LogP contribution in [0.25, 0.3) is 11.3 Å². The second-order valence-corrected chi connectivity index (χ2v) is 9.85. The molecule has 0 saturated heterocycles. The zero-order valence-electron chi connectivity index (χ0n) is 21.9. The molecule has 7 nitrogen and oxygen atoms in total. The van der Waals surface area contributed by atoms with E-state index in [1.807, 2.05) is 36.4 Å². The van der Waals surface area contributed by atoms with Crippen LogP contribution in [0.15, 0.2) is 66.7 Å². The van der Waals surface area contributed by atoms with E-state index in [1.165, 1.54) is 17.7 Å². The van der Waals surface area contributed by atoms with Gasteiger partial charge in [-0.15, -0.1) is 0 Å². The maximum atomic E-state index is 13.9. The molecule has 3 aromatic carbocycles. The molecular weight excluding hydrogens is 483 g/mol. The Morgan fingerprint density at radius 3 is 2.45 bits per heavy atom. The highest BCUT2D eigenvalue weighted by Gasteiger charge is 2.29. The van der Waals surface area contributed by atoms with Gasteiger partial charge in [-0.25, -0.2) is 4.39 Å².